The highest BCUT2D eigenvalue weighted by atomic mass is 35.5. The zero-order valence-electron chi connectivity index (χ0n) is 11.6. The van der Waals surface area contributed by atoms with Gasteiger partial charge in [0.15, 0.2) is 0 Å². The summed E-state index contributed by atoms with van der Waals surface area (Å²) in [7, 11) is 1.66. The molecule has 0 N–H and O–H groups in total. The number of methoxy groups -OCH3 is 1. The van der Waals surface area contributed by atoms with E-state index in [1.54, 1.807) is 7.11 Å². The minimum atomic E-state index is 0.515. The Morgan fingerprint density at radius 3 is 2.67 bits per heavy atom. The fourth-order valence-electron chi connectivity index (χ4n) is 2.40. The molecule has 1 heterocycles. The van der Waals surface area contributed by atoms with E-state index in [0.29, 0.717) is 23.3 Å². The molecule has 3 rings (SSSR count). The largest absolute Gasteiger partial charge is 0.497 e. The SMILES string of the molecule is COc1ccc2c(c1)CN(Cc1c(Cl)cccc1Cl)CO2. The molecule has 0 atom stereocenters. The van der Waals surface area contributed by atoms with Gasteiger partial charge in [0, 0.05) is 34.3 Å². The Labute approximate surface area is 134 Å². The van der Waals surface area contributed by atoms with Gasteiger partial charge in [-0.2, -0.15) is 0 Å². The van der Waals surface area contributed by atoms with Crippen molar-refractivity contribution in [2.45, 2.75) is 13.1 Å². The molecule has 2 aromatic rings. The Balaban J connectivity index is 1.80. The third-order valence-corrected chi connectivity index (χ3v) is 4.22. The molecule has 1 aliphatic heterocycles. The molecule has 0 amide bonds. The van der Waals surface area contributed by atoms with Gasteiger partial charge in [-0.1, -0.05) is 29.3 Å². The van der Waals surface area contributed by atoms with Crippen LogP contribution in [0.3, 0.4) is 0 Å². The number of hydrogen-bond donors (Lipinski definition) is 0. The molecule has 0 saturated heterocycles. The molecular weight excluding hydrogens is 309 g/mol. The van der Waals surface area contributed by atoms with Crippen LogP contribution in [0.4, 0.5) is 0 Å². The average molecular weight is 324 g/mol. The summed E-state index contributed by atoms with van der Waals surface area (Å²) in [5, 5.41) is 1.36. The summed E-state index contributed by atoms with van der Waals surface area (Å²) < 4.78 is 11.0. The van der Waals surface area contributed by atoms with Crippen LogP contribution in [-0.2, 0) is 13.1 Å². The molecule has 5 heteroatoms. The molecule has 0 radical (unpaired) electrons. The molecule has 21 heavy (non-hydrogen) atoms. The smallest absolute Gasteiger partial charge is 0.142 e. The van der Waals surface area contributed by atoms with Crippen LogP contribution < -0.4 is 9.47 Å². The second-order valence-electron chi connectivity index (χ2n) is 4.93. The highest BCUT2D eigenvalue weighted by molar-refractivity contribution is 6.35. The monoisotopic (exact) mass is 323 g/mol. The first-order chi connectivity index (χ1) is 10.2. The standard InChI is InChI=1S/C16H15Cl2NO2/c1-20-12-5-6-16-11(7-12)8-19(10-21-16)9-13-14(17)3-2-4-15(13)18/h2-7H,8-10H2,1H3. The van der Waals surface area contributed by atoms with Gasteiger partial charge in [-0.05, 0) is 30.3 Å². The lowest BCUT2D eigenvalue weighted by Crippen LogP contribution is -2.31. The predicted molar refractivity (Wildman–Crippen MR) is 84.2 cm³/mol. The van der Waals surface area contributed by atoms with E-state index in [2.05, 4.69) is 4.90 Å². The minimum absolute atomic E-state index is 0.515. The van der Waals surface area contributed by atoms with Crippen LogP contribution in [0.1, 0.15) is 11.1 Å². The van der Waals surface area contributed by atoms with E-state index in [1.807, 2.05) is 36.4 Å². The van der Waals surface area contributed by atoms with Crippen molar-refractivity contribution in [1.82, 2.24) is 4.90 Å². The molecule has 1 aliphatic rings. The summed E-state index contributed by atoms with van der Waals surface area (Å²) in [4.78, 5) is 2.15. The number of benzene rings is 2. The van der Waals surface area contributed by atoms with Crippen molar-refractivity contribution >= 4 is 23.2 Å². The van der Waals surface area contributed by atoms with Crippen LogP contribution in [0, 0.1) is 0 Å². The molecule has 110 valence electrons. The van der Waals surface area contributed by atoms with Gasteiger partial charge in [-0.15, -0.1) is 0 Å². The Kier molecular flexibility index (Phi) is 4.24. The summed E-state index contributed by atoms with van der Waals surface area (Å²) in [6.07, 6.45) is 0. The van der Waals surface area contributed by atoms with Gasteiger partial charge in [0.1, 0.15) is 18.2 Å². The highest BCUT2D eigenvalue weighted by Gasteiger charge is 2.19. The Morgan fingerprint density at radius 1 is 1.19 bits per heavy atom. The molecular formula is C16H15Cl2NO2. The lowest BCUT2D eigenvalue weighted by Gasteiger charge is -2.29. The number of rotatable bonds is 3. The van der Waals surface area contributed by atoms with Gasteiger partial charge in [0.2, 0.25) is 0 Å². The van der Waals surface area contributed by atoms with Gasteiger partial charge >= 0.3 is 0 Å². The van der Waals surface area contributed by atoms with Gasteiger partial charge in [0.05, 0.1) is 7.11 Å². The van der Waals surface area contributed by atoms with Crippen LogP contribution in [-0.4, -0.2) is 18.7 Å². The maximum Gasteiger partial charge on any atom is 0.142 e. The van der Waals surface area contributed by atoms with Crippen LogP contribution in [0.2, 0.25) is 10.0 Å². The molecule has 0 saturated carbocycles. The van der Waals surface area contributed by atoms with Crippen molar-refractivity contribution in [3.8, 4) is 11.5 Å². The number of nitrogens with zero attached hydrogens (tertiary/aromatic N) is 1. The van der Waals surface area contributed by atoms with E-state index >= 15 is 0 Å². The van der Waals surface area contributed by atoms with Crippen LogP contribution >= 0.6 is 23.2 Å². The average Bonchev–Trinajstić information content (AvgIpc) is 2.50. The minimum Gasteiger partial charge on any atom is -0.497 e. The van der Waals surface area contributed by atoms with E-state index in [9.17, 15) is 0 Å². The maximum absolute atomic E-state index is 6.22. The third-order valence-electron chi connectivity index (χ3n) is 3.51. The number of hydrogen-bond acceptors (Lipinski definition) is 3. The van der Waals surface area contributed by atoms with Crippen molar-refractivity contribution in [1.29, 1.82) is 0 Å². The topological polar surface area (TPSA) is 21.7 Å². The van der Waals surface area contributed by atoms with E-state index < -0.39 is 0 Å². The molecule has 0 aliphatic carbocycles. The lowest BCUT2D eigenvalue weighted by molar-refractivity contribution is 0.0885. The summed E-state index contributed by atoms with van der Waals surface area (Å²) >= 11 is 12.4. The molecule has 0 unspecified atom stereocenters. The normalized spacial score (nSPS) is 14.4. The van der Waals surface area contributed by atoms with Crippen molar-refractivity contribution in [2.75, 3.05) is 13.8 Å². The predicted octanol–water partition coefficient (Wildman–Crippen LogP) is 4.35. The van der Waals surface area contributed by atoms with E-state index in [-0.39, 0.29) is 0 Å². The van der Waals surface area contributed by atoms with E-state index in [1.165, 1.54) is 0 Å². The van der Waals surface area contributed by atoms with Gasteiger partial charge in [0.25, 0.3) is 0 Å². The van der Waals surface area contributed by atoms with Gasteiger partial charge in [-0.25, -0.2) is 0 Å². The van der Waals surface area contributed by atoms with Gasteiger partial charge in [-0.3, -0.25) is 4.90 Å². The maximum atomic E-state index is 6.22. The van der Waals surface area contributed by atoms with Crippen LogP contribution in [0.5, 0.6) is 11.5 Å². The second kappa shape index (κ2) is 6.14. The summed E-state index contributed by atoms with van der Waals surface area (Å²) in [6.45, 7) is 1.93. The Morgan fingerprint density at radius 2 is 1.95 bits per heavy atom. The molecule has 0 aromatic heterocycles. The molecule has 2 aromatic carbocycles. The van der Waals surface area contributed by atoms with Crippen LogP contribution in [0.15, 0.2) is 36.4 Å². The van der Waals surface area contributed by atoms with Crippen molar-refractivity contribution < 1.29 is 9.47 Å². The van der Waals surface area contributed by atoms with Crippen molar-refractivity contribution in [3.63, 3.8) is 0 Å². The number of halogens is 2. The fraction of sp³-hybridized carbons (Fsp3) is 0.250. The van der Waals surface area contributed by atoms with Crippen molar-refractivity contribution in [2.24, 2.45) is 0 Å². The summed E-state index contributed by atoms with van der Waals surface area (Å²) in [5.41, 5.74) is 2.03. The van der Waals surface area contributed by atoms with E-state index in [0.717, 1.165) is 29.2 Å². The first-order valence-electron chi connectivity index (χ1n) is 6.62. The molecule has 0 spiro atoms. The van der Waals surface area contributed by atoms with E-state index in [4.69, 9.17) is 32.7 Å². The first kappa shape index (κ1) is 14.5. The second-order valence-corrected chi connectivity index (χ2v) is 5.75. The molecule has 0 fully saturated rings. The van der Waals surface area contributed by atoms with Crippen LogP contribution in [0.25, 0.3) is 0 Å². The Hall–Kier alpha value is -1.42. The molecule has 3 nitrogen and oxygen atoms in total. The van der Waals surface area contributed by atoms with Gasteiger partial charge < -0.3 is 9.47 Å². The third kappa shape index (κ3) is 3.10. The fourth-order valence-corrected chi connectivity index (χ4v) is 2.92. The van der Waals surface area contributed by atoms with Crippen molar-refractivity contribution in [3.05, 3.63) is 57.6 Å². The quantitative estimate of drug-likeness (QED) is 0.838. The highest BCUT2D eigenvalue weighted by Crippen LogP contribution is 2.31. The lowest BCUT2D eigenvalue weighted by atomic mass is 10.1. The summed E-state index contributed by atoms with van der Waals surface area (Å²) in [6, 6.07) is 11.4. The zero-order chi connectivity index (χ0) is 14.8. The first-order valence-corrected chi connectivity index (χ1v) is 7.38. The summed E-state index contributed by atoms with van der Waals surface area (Å²) in [5.74, 6) is 1.73. The molecule has 0 bridgehead atoms. The number of fused-ring (bicyclic) bond motifs is 1. The zero-order valence-corrected chi connectivity index (χ0v) is 13.1. The Bertz CT molecular complexity index is 640. The number of ether oxygens (including phenoxy) is 2.